The van der Waals surface area contributed by atoms with Crippen LogP contribution in [0, 0.1) is 13.8 Å². The molecule has 1 aliphatic rings. The minimum atomic E-state index is 0.0844. The number of rotatable bonds is 2. The van der Waals surface area contributed by atoms with E-state index in [1.54, 1.807) is 29.0 Å². The minimum absolute atomic E-state index is 0.0844. The molecule has 0 N–H and O–H groups in total. The quantitative estimate of drug-likeness (QED) is 0.856. The number of hydrogen-bond acceptors (Lipinski definition) is 4. The summed E-state index contributed by atoms with van der Waals surface area (Å²) < 4.78 is 1.62. The Morgan fingerprint density at radius 3 is 2.57 bits per heavy atom. The molecule has 0 spiro atoms. The monoisotopic (exact) mass is 303 g/mol. The van der Waals surface area contributed by atoms with Crippen LogP contribution in [0.5, 0.6) is 0 Å². The average molecular weight is 303 g/mol. The largest absolute Gasteiger partial charge is 0.348 e. The van der Waals surface area contributed by atoms with Gasteiger partial charge in [-0.15, -0.1) is 11.3 Å². The van der Waals surface area contributed by atoms with Gasteiger partial charge >= 0.3 is 0 Å². The normalized spacial score (nSPS) is 16.4. The number of hydrogen-bond donors (Lipinski definition) is 0. The molecular weight excluding hydrogens is 282 g/mol. The van der Waals surface area contributed by atoms with Crippen LogP contribution in [0.25, 0.3) is 0 Å². The lowest BCUT2D eigenvalue weighted by molar-refractivity contribution is 0.503. The van der Waals surface area contributed by atoms with E-state index in [2.05, 4.69) is 29.8 Å². The third-order valence-corrected chi connectivity index (χ3v) is 5.52. The summed E-state index contributed by atoms with van der Waals surface area (Å²) in [6, 6.07) is 3.87. The molecule has 0 aromatic carbocycles. The first-order valence-corrected chi connectivity index (χ1v) is 8.22. The third kappa shape index (κ3) is 2.88. The maximum absolute atomic E-state index is 11.8. The first kappa shape index (κ1) is 14.3. The van der Waals surface area contributed by atoms with Gasteiger partial charge in [-0.05, 0) is 44.2 Å². The van der Waals surface area contributed by atoms with Crippen molar-refractivity contribution < 1.29 is 0 Å². The number of aromatic nitrogens is 2. The molecule has 2 aromatic rings. The van der Waals surface area contributed by atoms with E-state index in [4.69, 9.17) is 0 Å². The molecule has 2 aromatic heterocycles. The summed E-state index contributed by atoms with van der Waals surface area (Å²) >= 11 is 1.78. The van der Waals surface area contributed by atoms with Crippen molar-refractivity contribution in [1.29, 1.82) is 0 Å². The Balaban J connectivity index is 1.70. The Morgan fingerprint density at radius 2 is 2.00 bits per heavy atom. The summed E-state index contributed by atoms with van der Waals surface area (Å²) in [5, 5.41) is 1.15. The smallest absolute Gasteiger partial charge is 0.250 e. The van der Waals surface area contributed by atoms with Crippen molar-refractivity contribution in [3.8, 4) is 0 Å². The van der Waals surface area contributed by atoms with E-state index in [0.29, 0.717) is 5.92 Å². The molecule has 21 heavy (non-hydrogen) atoms. The van der Waals surface area contributed by atoms with Crippen LogP contribution in [0.1, 0.15) is 34.9 Å². The number of piperidine rings is 1. The van der Waals surface area contributed by atoms with Crippen LogP contribution in [0.15, 0.2) is 23.1 Å². The van der Waals surface area contributed by atoms with E-state index in [-0.39, 0.29) is 5.56 Å². The number of aryl methyl sites for hydroxylation is 3. The highest BCUT2D eigenvalue weighted by Crippen LogP contribution is 2.32. The van der Waals surface area contributed by atoms with Gasteiger partial charge in [0.05, 0.1) is 5.69 Å². The summed E-state index contributed by atoms with van der Waals surface area (Å²) in [6.07, 6.45) is 4.05. The van der Waals surface area contributed by atoms with Crippen molar-refractivity contribution in [2.24, 2.45) is 7.05 Å². The average Bonchev–Trinajstić information content (AvgIpc) is 2.82. The number of thiazole rings is 1. The predicted octanol–water partition coefficient (Wildman–Crippen LogP) is 2.84. The van der Waals surface area contributed by atoms with Crippen molar-refractivity contribution in [1.82, 2.24) is 9.55 Å². The molecule has 112 valence electrons. The first-order chi connectivity index (χ1) is 10.0. The molecule has 1 aliphatic heterocycles. The Hall–Kier alpha value is -1.62. The van der Waals surface area contributed by atoms with Crippen molar-refractivity contribution >= 4 is 16.5 Å². The first-order valence-electron chi connectivity index (χ1n) is 7.40. The second-order valence-electron chi connectivity index (χ2n) is 5.81. The van der Waals surface area contributed by atoms with Gasteiger partial charge in [0.25, 0.3) is 5.56 Å². The van der Waals surface area contributed by atoms with Crippen LogP contribution in [-0.2, 0) is 7.05 Å². The van der Waals surface area contributed by atoms with E-state index in [0.717, 1.165) is 36.8 Å². The van der Waals surface area contributed by atoms with Gasteiger partial charge in [0.1, 0.15) is 0 Å². The Kier molecular flexibility index (Phi) is 3.85. The van der Waals surface area contributed by atoms with Crippen LogP contribution >= 0.6 is 11.3 Å². The van der Waals surface area contributed by atoms with Gasteiger partial charge in [-0.25, -0.2) is 4.98 Å². The SMILES string of the molecule is Cc1nc(N2CCC(c3ccn(C)c(=O)c3)CC2)sc1C. The van der Waals surface area contributed by atoms with Crippen molar-refractivity contribution in [2.45, 2.75) is 32.6 Å². The molecule has 4 nitrogen and oxygen atoms in total. The maximum atomic E-state index is 11.8. The highest BCUT2D eigenvalue weighted by Gasteiger charge is 2.23. The van der Waals surface area contributed by atoms with Gasteiger partial charge in [0.2, 0.25) is 0 Å². The zero-order chi connectivity index (χ0) is 15.0. The molecule has 3 heterocycles. The maximum Gasteiger partial charge on any atom is 0.250 e. The molecule has 0 unspecified atom stereocenters. The Bertz CT molecular complexity index is 676. The second kappa shape index (κ2) is 5.64. The number of pyridine rings is 1. The summed E-state index contributed by atoms with van der Waals surface area (Å²) in [5.41, 5.74) is 2.41. The summed E-state index contributed by atoms with van der Waals surface area (Å²) in [4.78, 5) is 20.1. The van der Waals surface area contributed by atoms with Gasteiger partial charge in [-0.3, -0.25) is 4.79 Å². The fourth-order valence-corrected chi connectivity index (χ4v) is 3.77. The van der Waals surface area contributed by atoms with Gasteiger partial charge in [-0.2, -0.15) is 0 Å². The lowest BCUT2D eigenvalue weighted by Crippen LogP contribution is -2.33. The van der Waals surface area contributed by atoms with Gasteiger partial charge in [0.15, 0.2) is 5.13 Å². The summed E-state index contributed by atoms with van der Waals surface area (Å²) in [6.45, 7) is 6.24. The fourth-order valence-electron chi connectivity index (χ4n) is 2.81. The van der Waals surface area contributed by atoms with Crippen molar-refractivity contribution in [3.63, 3.8) is 0 Å². The van der Waals surface area contributed by atoms with Crippen LogP contribution in [0.4, 0.5) is 5.13 Å². The van der Waals surface area contributed by atoms with Crippen molar-refractivity contribution in [2.75, 3.05) is 18.0 Å². The van der Waals surface area contributed by atoms with Crippen LogP contribution in [0.2, 0.25) is 0 Å². The van der Waals surface area contributed by atoms with Crippen LogP contribution < -0.4 is 10.5 Å². The number of anilines is 1. The highest BCUT2D eigenvalue weighted by molar-refractivity contribution is 7.15. The molecule has 1 fully saturated rings. The van der Waals surface area contributed by atoms with Gasteiger partial charge < -0.3 is 9.47 Å². The summed E-state index contributed by atoms with van der Waals surface area (Å²) in [5.74, 6) is 0.498. The van der Waals surface area contributed by atoms with Crippen LogP contribution in [0.3, 0.4) is 0 Å². The highest BCUT2D eigenvalue weighted by atomic mass is 32.1. The lowest BCUT2D eigenvalue weighted by atomic mass is 9.90. The molecule has 1 saturated heterocycles. The molecule has 0 aliphatic carbocycles. The molecule has 0 amide bonds. The molecule has 5 heteroatoms. The fraction of sp³-hybridized carbons (Fsp3) is 0.500. The molecule has 0 bridgehead atoms. The van der Waals surface area contributed by atoms with E-state index in [1.807, 2.05) is 6.20 Å². The second-order valence-corrected chi connectivity index (χ2v) is 6.99. The molecule has 3 rings (SSSR count). The molecular formula is C16H21N3OS. The van der Waals surface area contributed by atoms with E-state index < -0.39 is 0 Å². The number of nitrogens with zero attached hydrogens (tertiary/aromatic N) is 3. The van der Waals surface area contributed by atoms with E-state index in [9.17, 15) is 4.79 Å². The van der Waals surface area contributed by atoms with Crippen molar-refractivity contribution in [3.05, 3.63) is 44.8 Å². The van der Waals surface area contributed by atoms with E-state index in [1.165, 1.54) is 10.4 Å². The molecule has 0 saturated carbocycles. The Morgan fingerprint density at radius 1 is 1.29 bits per heavy atom. The molecule has 0 atom stereocenters. The minimum Gasteiger partial charge on any atom is -0.348 e. The summed E-state index contributed by atoms with van der Waals surface area (Å²) in [7, 11) is 1.79. The standard InChI is InChI=1S/C16H21N3OS/c1-11-12(2)21-16(17-11)19-8-5-13(6-9-19)14-4-7-18(3)15(20)10-14/h4,7,10,13H,5-6,8-9H2,1-3H3. The van der Waals surface area contributed by atoms with E-state index >= 15 is 0 Å². The molecule has 0 radical (unpaired) electrons. The third-order valence-electron chi connectivity index (χ3n) is 4.38. The van der Waals surface area contributed by atoms with Gasteiger partial charge in [0, 0.05) is 37.3 Å². The topological polar surface area (TPSA) is 38.1 Å². The van der Waals surface area contributed by atoms with Gasteiger partial charge in [-0.1, -0.05) is 0 Å². The Labute approximate surface area is 129 Å². The lowest BCUT2D eigenvalue weighted by Gasteiger charge is -2.32. The zero-order valence-electron chi connectivity index (χ0n) is 12.8. The van der Waals surface area contributed by atoms with Crippen LogP contribution in [-0.4, -0.2) is 22.6 Å². The zero-order valence-corrected chi connectivity index (χ0v) is 13.6. The predicted molar refractivity (Wildman–Crippen MR) is 87.5 cm³/mol.